The second-order valence-electron chi connectivity index (χ2n) is 3.50. The van der Waals surface area contributed by atoms with Gasteiger partial charge in [0.15, 0.2) is 0 Å². The average molecular weight is 211 g/mol. The summed E-state index contributed by atoms with van der Waals surface area (Å²) in [6, 6.07) is -0.185. The first-order valence-electron chi connectivity index (χ1n) is 5.01. The van der Waals surface area contributed by atoms with Crippen LogP contribution in [-0.4, -0.2) is 43.1 Å². The first kappa shape index (κ1) is 12.0. The molecule has 1 saturated heterocycles. The van der Waals surface area contributed by atoms with Gasteiger partial charge in [-0.2, -0.15) is 0 Å². The van der Waals surface area contributed by atoms with E-state index in [2.05, 4.69) is 4.99 Å². The number of aliphatic imine (C=N–C) groups is 1. The van der Waals surface area contributed by atoms with Gasteiger partial charge in [0.05, 0.1) is 0 Å². The third-order valence-corrected chi connectivity index (χ3v) is 2.52. The Bertz CT molecular complexity index is 269. The minimum atomic E-state index is -0.435. The van der Waals surface area contributed by atoms with E-state index < -0.39 is 5.92 Å². The van der Waals surface area contributed by atoms with Crippen molar-refractivity contribution in [3.05, 3.63) is 0 Å². The van der Waals surface area contributed by atoms with Gasteiger partial charge in [-0.05, 0) is 0 Å². The zero-order chi connectivity index (χ0) is 11.3. The maximum atomic E-state index is 11.2. The molecule has 0 saturated carbocycles. The fraction of sp³-hybridized carbons (Fsp3) is 0.778. The molecule has 1 N–H and O–H groups in total. The van der Waals surface area contributed by atoms with E-state index in [0.717, 1.165) is 0 Å². The number of carbonyl (C=O) groups excluding carboxylic acids is 1. The molecule has 0 aromatic carbocycles. The molecule has 5 nitrogen and oxygen atoms in total. The van der Waals surface area contributed by atoms with Crippen molar-refractivity contribution in [2.45, 2.75) is 31.9 Å². The Balaban J connectivity index is 2.60. The second-order valence-corrected chi connectivity index (χ2v) is 3.50. The number of aliphatic hydroxyl groups excluding tert-OH is 1. The number of esters is 1. The van der Waals surface area contributed by atoms with Crippen molar-refractivity contribution >= 4 is 19.2 Å². The Morgan fingerprint density at radius 2 is 2.53 bits per heavy atom. The van der Waals surface area contributed by atoms with Crippen molar-refractivity contribution in [1.29, 1.82) is 0 Å². The van der Waals surface area contributed by atoms with Gasteiger partial charge in [0, 0.05) is 0 Å². The molecule has 0 aromatic rings. The number of cyclic esters (lactones) is 1. The van der Waals surface area contributed by atoms with Crippen LogP contribution >= 0.6 is 0 Å². The van der Waals surface area contributed by atoms with Crippen LogP contribution in [-0.2, 0) is 14.2 Å². The van der Waals surface area contributed by atoms with E-state index in [0.29, 0.717) is 20.0 Å². The summed E-state index contributed by atoms with van der Waals surface area (Å²) in [5.74, 6) is -0.808. The van der Waals surface area contributed by atoms with Gasteiger partial charge in [-0.3, -0.25) is 0 Å². The second kappa shape index (κ2) is 5.75. The van der Waals surface area contributed by atoms with Gasteiger partial charge in [-0.25, -0.2) is 0 Å². The van der Waals surface area contributed by atoms with Crippen LogP contribution < -0.4 is 0 Å². The average Bonchev–Trinajstić information content (AvgIpc) is 2.61. The molecule has 1 heterocycles. The van der Waals surface area contributed by atoms with Crippen LogP contribution in [0.5, 0.6) is 0 Å². The molecule has 1 aliphatic heterocycles. The summed E-state index contributed by atoms with van der Waals surface area (Å²) in [4.78, 5) is 15.2. The SMILES string of the molecule is CCC(N=CB=O)[C@@H]1CC(CO)C(=O)O1. The van der Waals surface area contributed by atoms with Gasteiger partial charge in [0.25, 0.3) is 0 Å². The number of rotatable bonds is 5. The number of aliphatic hydroxyl groups is 1. The fourth-order valence-corrected chi connectivity index (χ4v) is 1.66. The Hall–Kier alpha value is -1.04. The molecule has 1 fully saturated rings. The molecule has 2 unspecified atom stereocenters. The zero-order valence-corrected chi connectivity index (χ0v) is 8.63. The van der Waals surface area contributed by atoms with E-state index in [1.54, 1.807) is 0 Å². The van der Waals surface area contributed by atoms with Crippen LogP contribution in [0.2, 0.25) is 0 Å². The zero-order valence-electron chi connectivity index (χ0n) is 8.63. The topological polar surface area (TPSA) is 76.0 Å². The molecule has 3 atom stereocenters. The van der Waals surface area contributed by atoms with Crippen molar-refractivity contribution in [1.82, 2.24) is 0 Å². The molecule has 6 heteroatoms. The summed E-state index contributed by atoms with van der Waals surface area (Å²) < 4.78 is 15.2. The van der Waals surface area contributed by atoms with Gasteiger partial charge < -0.3 is 0 Å². The number of hydrogen-bond donors (Lipinski definition) is 1. The number of nitrogens with zero attached hydrogens (tertiary/aromatic N) is 1. The molecule has 15 heavy (non-hydrogen) atoms. The summed E-state index contributed by atoms with van der Waals surface area (Å²) in [7, 11) is 0.600. The third-order valence-electron chi connectivity index (χ3n) is 2.52. The molecule has 0 amide bonds. The Morgan fingerprint density at radius 3 is 3.00 bits per heavy atom. The first-order valence-corrected chi connectivity index (χ1v) is 5.01. The summed E-state index contributed by atoms with van der Waals surface area (Å²) >= 11 is 0. The summed E-state index contributed by atoms with van der Waals surface area (Å²) in [5.41, 5.74) is 0. The number of ether oxygens (including phenoxy) is 1. The Labute approximate surface area is 88.8 Å². The summed E-state index contributed by atoms with van der Waals surface area (Å²) in [6.07, 6.45) is 2.04. The van der Waals surface area contributed by atoms with Crippen LogP contribution in [0, 0.1) is 5.92 Å². The van der Waals surface area contributed by atoms with Crippen molar-refractivity contribution in [2.75, 3.05) is 6.61 Å². The van der Waals surface area contributed by atoms with Crippen LogP contribution in [0.1, 0.15) is 19.8 Å². The van der Waals surface area contributed by atoms with Crippen LogP contribution in [0.25, 0.3) is 0 Å². The van der Waals surface area contributed by atoms with E-state index in [4.69, 9.17) is 9.84 Å². The van der Waals surface area contributed by atoms with E-state index in [-0.39, 0.29) is 24.7 Å². The monoisotopic (exact) mass is 211 g/mol. The predicted molar refractivity (Wildman–Crippen MR) is 54.1 cm³/mol. The molecule has 0 radical (unpaired) electrons. The predicted octanol–water partition coefficient (Wildman–Crippen LogP) is -0.233. The number of hydrogen-bond acceptors (Lipinski definition) is 5. The molecule has 0 bridgehead atoms. The molecule has 0 spiro atoms. The Morgan fingerprint density at radius 1 is 1.80 bits per heavy atom. The van der Waals surface area contributed by atoms with Crippen molar-refractivity contribution in [3.63, 3.8) is 0 Å². The molecule has 1 rings (SSSR count). The third kappa shape index (κ3) is 2.96. The van der Waals surface area contributed by atoms with Gasteiger partial charge in [-0.1, -0.05) is 0 Å². The molecule has 0 aromatic heterocycles. The molecular weight excluding hydrogens is 197 g/mol. The molecule has 0 aliphatic carbocycles. The van der Waals surface area contributed by atoms with E-state index in [1.165, 1.54) is 6.11 Å². The standard InChI is InChI=1S/C9H14BNO4/c1-2-7(11-5-10-14)8-3-6(4-12)9(13)15-8/h5-8,12H,2-4H2,1H3/t6?,7?,8-/m0/s1. The van der Waals surface area contributed by atoms with Gasteiger partial charge in [0.1, 0.15) is 0 Å². The maximum absolute atomic E-state index is 11.2. The van der Waals surface area contributed by atoms with Crippen LogP contribution in [0.4, 0.5) is 0 Å². The van der Waals surface area contributed by atoms with Crippen molar-refractivity contribution in [3.8, 4) is 0 Å². The normalized spacial score (nSPS) is 27.7. The molecule has 82 valence electrons. The van der Waals surface area contributed by atoms with Crippen LogP contribution in [0.3, 0.4) is 0 Å². The van der Waals surface area contributed by atoms with E-state index in [9.17, 15) is 9.50 Å². The van der Waals surface area contributed by atoms with Gasteiger partial charge >= 0.3 is 88.0 Å². The minimum absolute atomic E-state index is 0.185. The van der Waals surface area contributed by atoms with Gasteiger partial charge in [0.2, 0.25) is 0 Å². The van der Waals surface area contributed by atoms with E-state index in [1.807, 2.05) is 6.92 Å². The fourth-order valence-electron chi connectivity index (χ4n) is 1.66. The number of carbonyl (C=O) groups is 1. The first-order chi connectivity index (χ1) is 7.22. The van der Waals surface area contributed by atoms with Crippen molar-refractivity contribution < 1.29 is 19.3 Å². The van der Waals surface area contributed by atoms with Crippen LogP contribution in [0.15, 0.2) is 4.99 Å². The van der Waals surface area contributed by atoms with E-state index >= 15 is 0 Å². The summed E-state index contributed by atoms with van der Waals surface area (Å²) in [5, 5.41) is 8.89. The van der Waals surface area contributed by atoms with Gasteiger partial charge in [-0.15, -0.1) is 0 Å². The quantitative estimate of drug-likeness (QED) is 0.387. The molecule has 1 aliphatic rings. The molecular formula is C9H14BNO4. The summed E-state index contributed by atoms with van der Waals surface area (Å²) in [6.45, 7) is 1.72. The Kier molecular flexibility index (Phi) is 4.61. The van der Waals surface area contributed by atoms with Crippen molar-refractivity contribution in [2.24, 2.45) is 10.9 Å².